The van der Waals surface area contributed by atoms with Crippen molar-refractivity contribution >= 4 is 60.4 Å². The quantitative estimate of drug-likeness (QED) is 0.157. The first-order valence-corrected chi connectivity index (χ1v) is 17.5. The molecule has 1 amide bonds. The number of aliphatic carboxylic acids is 1. The zero-order valence-electron chi connectivity index (χ0n) is 25.0. The molecule has 45 heavy (non-hydrogen) atoms. The lowest BCUT2D eigenvalue weighted by atomic mass is 9.83. The number of nitrogens with one attached hydrogen (secondary N) is 1. The minimum Gasteiger partial charge on any atom is -0.508 e. The lowest BCUT2D eigenvalue weighted by Gasteiger charge is -2.31. The highest BCUT2D eigenvalue weighted by molar-refractivity contribution is 9.10. The van der Waals surface area contributed by atoms with E-state index in [1.807, 2.05) is 49.4 Å². The Labute approximate surface area is 272 Å². The Kier molecular flexibility index (Phi) is 10.3. The fourth-order valence-corrected chi connectivity index (χ4v) is 8.84. The summed E-state index contributed by atoms with van der Waals surface area (Å²) >= 11 is 3.51. The summed E-state index contributed by atoms with van der Waals surface area (Å²) in [5, 5.41) is 20.8. The predicted octanol–water partition coefficient (Wildman–Crippen LogP) is 6.83. The van der Waals surface area contributed by atoms with Crippen molar-refractivity contribution in [3.63, 3.8) is 0 Å². The zero-order chi connectivity index (χ0) is 32.1. The first-order chi connectivity index (χ1) is 21.6. The molecule has 0 aliphatic carbocycles. The van der Waals surface area contributed by atoms with E-state index in [1.165, 1.54) is 4.31 Å². The molecule has 0 spiro atoms. The van der Waals surface area contributed by atoms with Gasteiger partial charge in [-0.25, -0.2) is 8.42 Å². The summed E-state index contributed by atoms with van der Waals surface area (Å²) in [6.07, 6.45) is 2.48. The Morgan fingerprint density at radius 3 is 2.18 bits per heavy atom. The van der Waals surface area contributed by atoms with Crippen molar-refractivity contribution in [1.82, 2.24) is 0 Å². The molecule has 3 N–H and O–H groups in total. The third-order valence-corrected chi connectivity index (χ3v) is 11.2. The molecule has 3 atom stereocenters. The van der Waals surface area contributed by atoms with E-state index in [9.17, 15) is 23.1 Å². The molecule has 9 nitrogen and oxygen atoms in total. The number of benzene rings is 3. The van der Waals surface area contributed by atoms with Gasteiger partial charge in [-0.15, -0.1) is 0 Å². The lowest BCUT2D eigenvalue weighted by Crippen LogP contribution is -2.43. The van der Waals surface area contributed by atoms with E-state index in [-0.39, 0.29) is 24.6 Å². The Hall–Kier alpha value is -3.67. The number of fused-ring (bicyclic) bond motifs is 2. The number of aromatic hydroxyl groups is 1. The molecule has 238 valence electrons. The highest BCUT2D eigenvalue weighted by Gasteiger charge is 2.54. The molecule has 2 aliphatic rings. The molecular formula is C34H37BrN2O7S. The number of unbranched alkanes of at least 4 members (excludes halogenated alkanes) is 3. The lowest BCUT2D eigenvalue weighted by molar-refractivity contribution is -0.137. The average Bonchev–Trinajstić information content (AvgIpc) is 3.61. The second-order valence-electron chi connectivity index (χ2n) is 11.3. The van der Waals surface area contributed by atoms with Crippen LogP contribution in [0.25, 0.3) is 11.1 Å². The maximum absolute atomic E-state index is 14.2. The maximum atomic E-state index is 14.2. The average molecular weight is 698 g/mol. The van der Waals surface area contributed by atoms with E-state index in [4.69, 9.17) is 9.84 Å². The highest BCUT2D eigenvalue weighted by Crippen LogP contribution is 2.51. The Bertz CT molecular complexity index is 1670. The predicted molar refractivity (Wildman–Crippen MR) is 178 cm³/mol. The number of ether oxygens (including phenoxy) is 1. The molecule has 0 radical (unpaired) electrons. The van der Waals surface area contributed by atoms with Crippen LogP contribution in [0.1, 0.15) is 63.0 Å². The van der Waals surface area contributed by atoms with Gasteiger partial charge in [0, 0.05) is 29.5 Å². The van der Waals surface area contributed by atoms with Crippen LogP contribution >= 0.6 is 15.9 Å². The normalized spacial score (nSPS) is 19.1. The van der Waals surface area contributed by atoms with Gasteiger partial charge in [-0.3, -0.25) is 13.9 Å². The van der Waals surface area contributed by atoms with Crippen LogP contribution in [0.2, 0.25) is 0 Å². The number of phenolic OH excluding ortho intramolecular Hbond substituents is 1. The van der Waals surface area contributed by atoms with E-state index in [0.29, 0.717) is 41.5 Å². The van der Waals surface area contributed by atoms with Gasteiger partial charge >= 0.3 is 5.97 Å². The summed E-state index contributed by atoms with van der Waals surface area (Å²) in [5.74, 6) is -0.788. The van der Waals surface area contributed by atoms with Gasteiger partial charge in [-0.2, -0.15) is 0 Å². The number of para-hydroxylation sites is 1. The molecule has 1 fully saturated rings. The minimum atomic E-state index is -3.84. The minimum absolute atomic E-state index is 0.119. The van der Waals surface area contributed by atoms with Crippen molar-refractivity contribution in [3.05, 3.63) is 88.4 Å². The van der Waals surface area contributed by atoms with Crippen molar-refractivity contribution in [2.24, 2.45) is 0 Å². The van der Waals surface area contributed by atoms with Crippen LogP contribution in [-0.2, 0) is 24.3 Å². The number of nitrogens with zero attached hydrogens (tertiary/aromatic N) is 1. The maximum Gasteiger partial charge on any atom is 0.303 e. The summed E-state index contributed by atoms with van der Waals surface area (Å²) in [4.78, 5) is 23.2. The number of anilines is 2. The molecule has 3 unspecified atom stereocenters. The van der Waals surface area contributed by atoms with Gasteiger partial charge in [0.15, 0.2) is 0 Å². The second-order valence-corrected chi connectivity index (χ2v) is 14.2. The smallest absolute Gasteiger partial charge is 0.303 e. The van der Waals surface area contributed by atoms with E-state index < -0.39 is 33.5 Å². The van der Waals surface area contributed by atoms with Crippen LogP contribution in [0.5, 0.6) is 5.75 Å². The van der Waals surface area contributed by atoms with Crippen molar-refractivity contribution < 1.29 is 33.0 Å². The largest absolute Gasteiger partial charge is 0.508 e. The molecule has 0 saturated carbocycles. The van der Waals surface area contributed by atoms with Crippen LogP contribution in [0.3, 0.4) is 0 Å². The fraction of sp³-hybridized carbons (Fsp3) is 0.353. The number of hydrogen-bond donors (Lipinski definition) is 3. The number of amides is 1. The van der Waals surface area contributed by atoms with Gasteiger partial charge in [0.25, 0.3) is 0 Å². The number of carbonyl (C=O) groups is 2. The monoisotopic (exact) mass is 696 g/mol. The van der Waals surface area contributed by atoms with Gasteiger partial charge in [0.2, 0.25) is 15.9 Å². The van der Waals surface area contributed by atoms with Crippen molar-refractivity contribution in [1.29, 1.82) is 0 Å². The Balaban J connectivity index is 1.38. The molecule has 11 heteroatoms. The van der Waals surface area contributed by atoms with E-state index in [2.05, 4.69) is 21.2 Å². The molecular weight excluding hydrogens is 660 g/mol. The number of carboxylic acid groups (broad SMARTS) is 1. The third-order valence-electron chi connectivity index (χ3n) is 8.29. The Morgan fingerprint density at radius 1 is 0.911 bits per heavy atom. The molecule has 1 saturated heterocycles. The van der Waals surface area contributed by atoms with E-state index in [0.717, 1.165) is 35.1 Å². The number of carbonyl (C=O) groups excluding carboxylic acids is 1. The van der Waals surface area contributed by atoms with Crippen LogP contribution in [0.4, 0.5) is 11.4 Å². The summed E-state index contributed by atoms with van der Waals surface area (Å²) in [5.41, 5.74) is 4.53. The zero-order valence-corrected chi connectivity index (χ0v) is 27.4. The third kappa shape index (κ3) is 7.26. The number of carboxylic acids is 1. The molecule has 3 aromatic carbocycles. The van der Waals surface area contributed by atoms with Crippen LogP contribution in [0.15, 0.2) is 77.3 Å². The summed E-state index contributed by atoms with van der Waals surface area (Å²) in [6, 6.07) is 21.4. The summed E-state index contributed by atoms with van der Waals surface area (Å²) in [6.45, 7) is 2.08. The number of halogens is 1. The number of rotatable bonds is 14. The topological polar surface area (TPSA) is 133 Å². The van der Waals surface area contributed by atoms with Crippen LogP contribution in [0, 0.1) is 0 Å². The van der Waals surface area contributed by atoms with Gasteiger partial charge in [-0.1, -0.05) is 49.2 Å². The first kappa shape index (κ1) is 32.7. The molecule has 2 heterocycles. The highest BCUT2D eigenvalue weighted by atomic mass is 79.9. The molecule has 0 aromatic heterocycles. The van der Waals surface area contributed by atoms with Gasteiger partial charge in [-0.05, 0) is 101 Å². The van der Waals surface area contributed by atoms with Crippen LogP contribution < -0.4 is 9.62 Å². The summed E-state index contributed by atoms with van der Waals surface area (Å²) in [7, 11) is -3.84. The number of hydrogen-bond acceptors (Lipinski definition) is 6. The van der Waals surface area contributed by atoms with Crippen molar-refractivity contribution in [2.45, 2.75) is 69.3 Å². The SMILES string of the molecule is CCN(c1ccccc1Br)S(=O)(=O)C1CC2OC1C(c1ccc(NC(=O)CCCCCCC(=O)O)cc1)=C2c1ccc(O)cc1. The van der Waals surface area contributed by atoms with Crippen LogP contribution in [-0.4, -0.2) is 54.5 Å². The molecule has 2 bridgehead atoms. The molecule has 3 aromatic rings. The fourth-order valence-electron chi connectivity index (χ4n) is 6.18. The molecule has 5 rings (SSSR count). The first-order valence-electron chi connectivity index (χ1n) is 15.2. The van der Waals surface area contributed by atoms with E-state index >= 15 is 0 Å². The van der Waals surface area contributed by atoms with Gasteiger partial charge < -0.3 is 20.3 Å². The standard InChI is InChI=1S/C34H37BrN2O7S/c1-2-37(27-10-8-7-9-26(27)35)45(42,43)29-21-28-32(22-15-19-25(38)20-16-22)33(34(29)44-28)23-13-17-24(18-14-23)36-30(39)11-5-3-4-6-12-31(40)41/h7-10,13-20,28-29,34,38H,2-6,11-12,21H2,1H3,(H,36,39)(H,40,41). The van der Waals surface area contributed by atoms with E-state index in [1.54, 1.807) is 30.3 Å². The van der Waals surface area contributed by atoms with Gasteiger partial charge in [0.1, 0.15) is 17.1 Å². The number of phenols is 1. The second kappa shape index (κ2) is 14.2. The number of sulfonamides is 1. The van der Waals surface area contributed by atoms with Crippen molar-refractivity contribution in [3.8, 4) is 5.75 Å². The Morgan fingerprint density at radius 2 is 1.53 bits per heavy atom. The molecule has 2 aliphatic heterocycles. The van der Waals surface area contributed by atoms with Gasteiger partial charge in [0.05, 0.1) is 11.8 Å². The summed E-state index contributed by atoms with van der Waals surface area (Å²) < 4.78 is 37.0. The van der Waals surface area contributed by atoms with Crippen molar-refractivity contribution in [2.75, 3.05) is 16.2 Å².